The number of unbranched alkanes of at least 4 members (excludes halogenated alkanes) is 1. The normalized spacial score (nSPS) is 14.9. The molecule has 0 saturated carbocycles. The van der Waals surface area contributed by atoms with Crippen LogP contribution in [0.3, 0.4) is 0 Å². The molecule has 2 unspecified atom stereocenters. The van der Waals surface area contributed by atoms with Crippen molar-refractivity contribution in [2.24, 2.45) is 11.7 Å². The number of hydrogen-bond donors (Lipinski definition) is 1. The Balaban J connectivity index is 2.57. The van der Waals surface area contributed by atoms with E-state index in [9.17, 15) is 0 Å². The maximum Gasteiger partial charge on any atom is 0.0596 e. The summed E-state index contributed by atoms with van der Waals surface area (Å²) in [7, 11) is 0. The molecular weight excluding hydrogens is 210 g/mol. The molecule has 1 heterocycles. The minimum absolute atomic E-state index is 0.253. The van der Waals surface area contributed by atoms with Gasteiger partial charge in [0.05, 0.1) is 5.69 Å². The van der Waals surface area contributed by atoms with Crippen molar-refractivity contribution in [1.82, 2.24) is 9.78 Å². The van der Waals surface area contributed by atoms with Crippen molar-refractivity contribution in [2.45, 2.75) is 66.0 Å². The molecule has 0 radical (unpaired) electrons. The van der Waals surface area contributed by atoms with Crippen molar-refractivity contribution in [3.8, 4) is 0 Å². The van der Waals surface area contributed by atoms with E-state index in [1.807, 2.05) is 6.92 Å². The van der Waals surface area contributed by atoms with E-state index in [1.54, 1.807) is 0 Å². The Labute approximate surface area is 105 Å². The number of hydrogen-bond acceptors (Lipinski definition) is 2. The van der Waals surface area contributed by atoms with Gasteiger partial charge in [-0.05, 0) is 32.3 Å². The van der Waals surface area contributed by atoms with Crippen molar-refractivity contribution in [1.29, 1.82) is 0 Å². The van der Waals surface area contributed by atoms with Gasteiger partial charge in [0, 0.05) is 24.7 Å². The molecule has 98 valence electrons. The topological polar surface area (TPSA) is 43.8 Å². The first-order valence-corrected chi connectivity index (χ1v) is 6.87. The molecule has 0 aliphatic heterocycles. The lowest BCUT2D eigenvalue weighted by Crippen LogP contribution is -2.31. The molecule has 17 heavy (non-hydrogen) atoms. The van der Waals surface area contributed by atoms with E-state index in [1.165, 1.54) is 25.0 Å². The zero-order chi connectivity index (χ0) is 12.8. The molecule has 3 heteroatoms. The highest BCUT2D eigenvalue weighted by atomic mass is 15.3. The van der Waals surface area contributed by atoms with Gasteiger partial charge in [-0.1, -0.05) is 26.7 Å². The van der Waals surface area contributed by atoms with Crippen LogP contribution in [0.1, 0.15) is 51.4 Å². The van der Waals surface area contributed by atoms with Gasteiger partial charge in [-0.3, -0.25) is 4.68 Å². The Morgan fingerprint density at radius 1 is 1.41 bits per heavy atom. The molecule has 0 saturated heterocycles. The lowest BCUT2D eigenvalue weighted by molar-refractivity contribution is 0.402. The van der Waals surface area contributed by atoms with Crippen LogP contribution in [-0.4, -0.2) is 15.8 Å². The number of rotatable bonds is 7. The average Bonchev–Trinajstić information content (AvgIpc) is 2.66. The molecule has 1 aromatic heterocycles. The highest BCUT2D eigenvalue weighted by Crippen LogP contribution is 2.15. The SMILES string of the molecule is CCCCC(C)C(N)Cc1cc(C)nn1CC. The van der Waals surface area contributed by atoms with Crippen LogP contribution >= 0.6 is 0 Å². The first-order valence-electron chi connectivity index (χ1n) is 6.87. The third kappa shape index (κ3) is 4.15. The molecule has 2 atom stereocenters. The zero-order valence-corrected chi connectivity index (χ0v) is 11.7. The van der Waals surface area contributed by atoms with Crippen LogP contribution in [0.2, 0.25) is 0 Å². The summed E-state index contributed by atoms with van der Waals surface area (Å²) in [5.74, 6) is 0.593. The minimum Gasteiger partial charge on any atom is -0.327 e. The van der Waals surface area contributed by atoms with Crippen LogP contribution in [-0.2, 0) is 13.0 Å². The molecule has 0 aromatic carbocycles. The highest BCUT2D eigenvalue weighted by Gasteiger charge is 2.15. The van der Waals surface area contributed by atoms with Gasteiger partial charge >= 0.3 is 0 Å². The molecule has 0 amide bonds. The highest BCUT2D eigenvalue weighted by molar-refractivity contribution is 5.10. The summed E-state index contributed by atoms with van der Waals surface area (Å²) >= 11 is 0. The third-order valence-electron chi connectivity index (χ3n) is 3.47. The Bertz CT molecular complexity index is 330. The van der Waals surface area contributed by atoms with Gasteiger partial charge in [-0.2, -0.15) is 5.10 Å². The van der Waals surface area contributed by atoms with Gasteiger partial charge in [0.1, 0.15) is 0 Å². The molecule has 0 fully saturated rings. The molecular formula is C14H27N3. The Kier molecular flexibility index (Phi) is 5.69. The first kappa shape index (κ1) is 14.2. The van der Waals surface area contributed by atoms with Crippen LogP contribution in [0.5, 0.6) is 0 Å². The summed E-state index contributed by atoms with van der Waals surface area (Å²) in [6.07, 6.45) is 4.71. The van der Waals surface area contributed by atoms with E-state index in [-0.39, 0.29) is 6.04 Å². The predicted octanol–water partition coefficient (Wildman–Crippen LogP) is 2.91. The largest absolute Gasteiger partial charge is 0.327 e. The smallest absolute Gasteiger partial charge is 0.0596 e. The van der Waals surface area contributed by atoms with Gasteiger partial charge in [-0.15, -0.1) is 0 Å². The van der Waals surface area contributed by atoms with Gasteiger partial charge in [0.15, 0.2) is 0 Å². The van der Waals surface area contributed by atoms with Crippen LogP contribution < -0.4 is 5.73 Å². The van der Waals surface area contributed by atoms with Gasteiger partial charge in [0.25, 0.3) is 0 Å². The van der Waals surface area contributed by atoms with Crippen LogP contribution in [0.4, 0.5) is 0 Å². The van der Waals surface area contributed by atoms with Crippen LogP contribution in [0.15, 0.2) is 6.07 Å². The van der Waals surface area contributed by atoms with E-state index < -0.39 is 0 Å². The summed E-state index contributed by atoms with van der Waals surface area (Å²) in [4.78, 5) is 0. The molecule has 0 bridgehead atoms. The fourth-order valence-electron chi connectivity index (χ4n) is 2.22. The molecule has 1 rings (SSSR count). The van der Waals surface area contributed by atoms with E-state index in [0.717, 1.165) is 18.7 Å². The van der Waals surface area contributed by atoms with Gasteiger partial charge < -0.3 is 5.73 Å². The van der Waals surface area contributed by atoms with E-state index in [0.29, 0.717) is 5.92 Å². The molecule has 1 aromatic rings. The van der Waals surface area contributed by atoms with Crippen molar-refractivity contribution in [3.63, 3.8) is 0 Å². The summed E-state index contributed by atoms with van der Waals surface area (Å²) in [6.45, 7) is 9.59. The van der Waals surface area contributed by atoms with E-state index in [4.69, 9.17) is 5.73 Å². The quantitative estimate of drug-likeness (QED) is 0.792. The summed E-state index contributed by atoms with van der Waals surface area (Å²) < 4.78 is 2.07. The minimum atomic E-state index is 0.253. The lowest BCUT2D eigenvalue weighted by Gasteiger charge is -2.19. The summed E-state index contributed by atoms with van der Waals surface area (Å²) in [5, 5.41) is 4.46. The Morgan fingerprint density at radius 3 is 2.71 bits per heavy atom. The molecule has 0 aliphatic carbocycles. The number of nitrogens with zero attached hydrogens (tertiary/aromatic N) is 2. The first-order chi connectivity index (χ1) is 8.08. The third-order valence-corrected chi connectivity index (χ3v) is 3.47. The van der Waals surface area contributed by atoms with Crippen molar-refractivity contribution >= 4 is 0 Å². The van der Waals surface area contributed by atoms with E-state index in [2.05, 4.69) is 36.6 Å². The standard InChI is InChI=1S/C14H27N3/c1-5-7-8-11(3)14(15)10-13-9-12(4)16-17(13)6-2/h9,11,14H,5-8,10,15H2,1-4H3. The average molecular weight is 237 g/mol. The van der Waals surface area contributed by atoms with Gasteiger partial charge in [0.2, 0.25) is 0 Å². The number of nitrogens with two attached hydrogens (primary N) is 1. The molecule has 0 spiro atoms. The summed E-state index contributed by atoms with van der Waals surface area (Å²) in [6, 6.07) is 2.42. The maximum atomic E-state index is 6.28. The maximum absolute atomic E-state index is 6.28. The van der Waals surface area contributed by atoms with Gasteiger partial charge in [-0.25, -0.2) is 0 Å². The summed E-state index contributed by atoms with van der Waals surface area (Å²) in [5.41, 5.74) is 8.65. The number of aromatic nitrogens is 2. The Morgan fingerprint density at radius 2 is 2.12 bits per heavy atom. The van der Waals surface area contributed by atoms with Crippen molar-refractivity contribution in [3.05, 3.63) is 17.5 Å². The fourth-order valence-corrected chi connectivity index (χ4v) is 2.22. The predicted molar refractivity (Wildman–Crippen MR) is 73.0 cm³/mol. The Hall–Kier alpha value is -0.830. The van der Waals surface area contributed by atoms with Crippen LogP contribution in [0.25, 0.3) is 0 Å². The zero-order valence-electron chi connectivity index (χ0n) is 11.7. The number of aryl methyl sites for hydroxylation is 2. The van der Waals surface area contributed by atoms with Crippen molar-refractivity contribution in [2.75, 3.05) is 0 Å². The van der Waals surface area contributed by atoms with E-state index >= 15 is 0 Å². The monoisotopic (exact) mass is 237 g/mol. The van der Waals surface area contributed by atoms with Crippen molar-refractivity contribution < 1.29 is 0 Å². The van der Waals surface area contributed by atoms with Crippen LogP contribution in [0, 0.1) is 12.8 Å². The molecule has 0 aliphatic rings. The fraction of sp³-hybridized carbons (Fsp3) is 0.786. The second kappa shape index (κ2) is 6.80. The lowest BCUT2D eigenvalue weighted by atomic mass is 9.93. The molecule has 2 N–H and O–H groups in total. The second-order valence-corrected chi connectivity index (χ2v) is 5.08. The molecule has 3 nitrogen and oxygen atoms in total. The second-order valence-electron chi connectivity index (χ2n) is 5.08.